The summed E-state index contributed by atoms with van der Waals surface area (Å²) in [6, 6.07) is 5.68. The molecule has 0 saturated heterocycles. The molecule has 4 nitrogen and oxygen atoms in total. The smallest absolute Gasteiger partial charge is 0.305 e. The van der Waals surface area contributed by atoms with Crippen LogP contribution < -0.4 is 10.1 Å². The zero-order valence-corrected chi connectivity index (χ0v) is 12.3. The van der Waals surface area contributed by atoms with Gasteiger partial charge in [-0.25, -0.2) is 0 Å². The standard InChI is InChI=1S/C14H20ClNO3/c1-10(16-2)12-9-11(15)6-7-13(12)19-8-4-5-14(17)18-3/h6-7,9-10,16H,4-5,8H2,1-3H3. The number of methoxy groups -OCH3 is 1. The summed E-state index contributed by atoms with van der Waals surface area (Å²) in [6.07, 6.45) is 0.990. The number of ether oxygens (including phenoxy) is 2. The van der Waals surface area contributed by atoms with E-state index >= 15 is 0 Å². The Balaban J connectivity index is 2.60. The first kappa shape index (κ1) is 15.8. The summed E-state index contributed by atoms with van der Waals surface area (Å²) in [5, 5.41) is 3.83. The van der Waals surface area contributed by atoms with E-state index in [-0.39, 0.29) is 12.0 Å². The van der Waals surface area contributed by atoms with E-state index in [4.69, 9.17) is 16.3 Å². The third-order valence-electron chi connectivity index (χ3n) is 2.88. The lowest BCUT2D eigenvalue weighted by molar-refractivity contribution is -0.140. The number of nitrogens with one attached hydrogen (secondary N) is 1. The molecule has 0 aliphatic heterocycles. The second kappa shape index (κ2) is 8.02. The predicted octanol–water partition coefficient (Wildman–Crippen LogP) is 2.95. The summed E-state index contributed by atoms with van der Waals surface area (Å²) in [7, 11) is 3.27. The highest BCUT2D eigenvalue weighted by atomic mass is 35.5. The zero-order valence-electron chi connectivity index (χ0n) is 11.5. The van der Waals surface area contributed by atoms with Gasteiger partial charge in [0.1, 0.15) is 5.75 Å². The van der Waals surface area contributed by atoms with Gasteiger partial charge < -0.3 is 14.8 Å². The van der Waals surface area contributed by atoms with Crippen LogP contribution in [0.2, 0.25) is 5.02 Å². The highest BCUT2D eigenvalue weighted by molar-refractivity contribution is 6.30. The van der Waals surface area contributed by atoms with Crippen LogP contribution in [0.15, 0.2) is 18.2 Å². The Morgan fingerprint density at radius 2 is 2.21 bits per heavy atom. The van der Waals surface area contributed by atoms with E-state index in [0.717, 1.165) is 11.3 Å². The summed E-state index contributed by atoms with van der Waals surface area (Å²) >= 11 is 6.00. The van der Waals surface area contributed by atoms with Gasteiger partial charge in [-0.15, -0.1) is 0 Å². The summed E-state index contributed by atoms with van der Waals surface area (Å²) in [5.41, 5.74) is 1.01. The molecule has 0 aliphatic carbocycles. The number of benzene rings is 1. The maximum Gasteiger partial charge on any atom is 0.305 e. The Bertz CT molecular complexity index is 423. The molecule has 0 amide bonds. The van der Waals surface area contributed by atoms with E-state index in [9.17, 15) is 4.79 Å². The van der Waals surface area contributed by atoms with Crippen molar-refractivity contribution in [3.8, 4) is 5.75 Å². The van der Waals surface area contributed by atoms with Crippen molar-refractivity contribution in [1.82, 2.24) is 5.32 Å². The van der Waals surface area contributed by atoms with Crippen LogP contribution in [-0.2, 0) is 9.53 Å². The molecule has 0 heterocycles. The van der Waals surface area contributed by atoms with Crippen molar-refractivity contribution in [3.05, 3.63) is 28.8 Å². The van der Waals surface area contributed by atoms with Gasteiger partial charge in [0.05, 0.1) is 13.7 Å². The number of carbonyl (C=O) groups is 1. The van der Waals surface area contributed by atoms with Crippen LogP contribution in [0.1, 0.15) is 31.4 Å². The second-order valence-electron chi connectivity index (χ2n) is 4.22. The van der Waals surface area contributed by atoms with Gasteiger partial charge >= 0.3 is 5.97 Å². The molecular weight excluding hydrogens is 266 g/mol. The first-order valence-electron chi connectivity index (χ1n) is 6.24. The minimum atomic E-state index is -0.219. The molecule has 0 aliphatic rings. The molecule has 106 valence electrons. The van der Waals surface area contributed by atoms with Crippen molar-refractivity contribution in [2.75, 3.05) is 20.8 Å². The van der Waals surface area contributed by atoms with Gasteiger partial charge in [0.25, 0.3) is 0 Å². The first-order valence-corrected chi connectivity index (χ1v) is 6.62. The highest BCUT2D eigenvalue weighted by Gasteiger charge is 2.11. The topological polar surface area (TPSA) is 47.6 Å². The van der Waals surface area contributed by atoms with Gasteiger partial charge in [-0.1, -0.05) is 11.6 Å². The lowest BCUT2D eigenvalue weighted by atomic mass is 10.1. The molecule has 0 fully saturated rings. The van der Waals surface area contributed by atoms with Crippen LogP contribution in [0.25, 0.3) is 0 Å². The lowest BCUT2D eigenvalue weighted by Gasteiger charge is -2.16. The van der Waals surface area contributed by atoms with Gasteiger partial charge in [0.15, 0.2) is 0 Å². The number of esters is 1. The van der Waals surface area contributed by atoms with E-state index < -0.39 is 0 Å². The summed E-state index contributed by atoms with van der Waals surface area (Å²) in [5.74, 6) is 0.569. The quantitative estimate of drug-likeness (QED) is 0.618. The molecule has 0 radical (unpaired) electrons. The Kier molecular flexibility index (Phi) is 6.67. The third-order valence-corrected chi connectivity index (χ3v) is 3.12. The molecular formula is C14H20ClNO3. The SMILES string of the molecule is CNC(C)c1cc(Cl)ccc1OCCCC(=O)OC. The minimum Gasteiger partial charge on any atom is -0.493 e. The molecule has 1 aromatic rings. The zero-order chi connectivity index (χ0) is 14.3. The van der Waals surface area contributed by atoms with Crippen molar-refractivity contribution in [2.45, 2.75) is 25.8 Å². The molecule has 5 heteroatoms. The van der Waals surface area contributed by atoms with Crippen LogP contribution in [0.4, 0.5) is 0 Å². The average molecular weight is 286 g/mol. The number of halogens is 1. The van der Waals surface area contributed by atoms with Crippen molar-refractivity contribution < 1.29 is 14.3 Å². The molecule has 0 aromatic heterocycles. The van der Waals surface area contributed by atoms with E-state index in [0.29, 0.717) is 24.5 Å². The van der Waals surface area contributed by atoms with Gasteiger partial charge in [-0.3, -0.25) is 4.79 Å². The Labute approximate surface area is 119 Å². The number of hydrogen-bond acceptors (Lipinski definition) is 4. The fraction of sp³-hybridized carbons (Fsp3) is 0.500. The van der Waals surface area contributed by atoms with Gasteiger partial charge in [-0.2, -0.15) is 0 Å². The normalized spacial score (nSPS) is 12.0. The predicted molar refractivity (Wildman–Crippen MR) is 75.7 cm³/mol. The molecule has 1 unspecified atom stereocenters. The average Bonchev–Trinajstić information content (AvgIpc) is 2.43. The second-order valence-corrected chi connectivity index (χ2v) is 4.66. The fourth-order valence-corrected chi connectivity index (χ4v) is 1.83. The van der Waals surface area contributed by atoms with E-state index in [2.05, 4.69) is 10.1 Å². The van der Waals surface area contributed by atoms with Crippen LogP contribution in [-0.4, -0.2) is 26.7 Å². The lowest BCUT2D eigenvalue weighted by Crippen LogP contribution is -2.14. The van der Waals surface area contributed by atoms with Gasteiger partial charge in [-0.05, 0) is 38.6 Å². The largest absolute Gasteiger partial charge is 0.493 e. The maximum atomic E-state index is 11.0. The van der Waals surface area contributed by atoms with Crippen molar-refractivity contribution in [2.24, 2.45) is 0 Å². The first-order chi connectivity index (χ1) is 9.08. The van der Waals surface area contributed by atoms with Crippen LogP contribution in [0.3, 0.4) is 0 Å². The van der Waals surface area contributed by atoms with E-state index in [1.807, 2.05) is 26.1 Å². The van der Waals surface area contributed by atoms with Crippen molar-refractivity contribution in [1.29, 1.82) is 0 Å². The Morgan fingerprint density at radius 3 is 2.84 bits per heavy atom. The molecule has 19 heavy (non-hydrogen) atoms. The summed E-state index contributed by atoms with van der Waals surface area (Å²) in [6.45, 7) is 2.51. The van der Waals surface area contributed by atoms with Crippen molar-refractivity contribution in [3.63, 3.8) is 0 Å². The van der Waals surface area contributed by atoms with Crippen LogP contribution in [0.5, 0.6) is 5.75 Å². The number of hydrogen-bond donors (Lipinski definition) is 1. The van der Waals surface area contributed by atoms with Crippen LogP contribution >= 0.6 is 11.6 Å². The highest BCUT2D eigenvalue weighted by Crippen LogP contribution is 2.28. The summed E-state index contributed by atoms with van der Waals surface area (Å²) < 4.78 is 10.3. The van der Waals surface area contributed by atoms with E-state index in [1.165, 1.54) is 7.11 Å². The molecule has 1 aromatic carbocycles. The number of carbonyl (C=O) groups excluding carboxylic acids is 1. The minimum absolute atomic E-state index is 0.148. The van der Waals surface area contributed by atoms with E-state index in [1.54, 1.807) is 6.07 Å². The molecule has 0 saturated carbocycles. The maximum absolute atomic E-state index is 11.0. The van der Waals surface area contributed by atoms with Crippen LogP contribution in [0, 0.1) is 0 Å². The van der Waals surface area contributed by atoms with Gasteiger partial charge in [0, 0.05) is 23.0 Å². The molecule has 0 bridgehead atoms. The summed E-state index contributed by atoms with van der Waals surface area (Å²) in [4.78, 5) is 11.0. The van der Waals surface area contributed by atoms with Gasteiger partial charge in [0.2, 0.25) is 0 Å². The molecule has 0 spiro atoms. The molecule has 1 rings (SSSR count). The third kappa shape index (κ3) is 5.09. The number of rotatable bonds is 7. The Morgan fingerprint density at radius 1 is 1.47 bits per heavy atom. The fourth-order valence-electron chi connectivity index (χ4n) is 1.65. The monoisotopic (exact) mass is 285 g/mol. The molecule has 1 atom stereocenters. The Hall–Kier alpha value is -1.26. The molecule has 1 N–H and O–H groups in total. The van der Waals surface area contributed by atoms with Crippen molar-refractivity contribution >= 4 is 17.6 Å².